The Kier molecular flexibility index (Phi) is 4.01. The lowest BCUT2D eigenvalue weighted by Gasteiger charge is -2.20. The molecule has 15 heavy (non-hydrogen) atoms. The zero-order valence-corrected chi connectivity index (χ0v) is 9.01. The highest BCUT2D eigenvalue weighted by atomic mass is 35.5. The average Bonchev–Trinajstić information content (AvgIpc) is 2.59. The van der Waals surface area contributed by atoms with Crippen LogP contribution >= 0.6 is 11.6 Å². The maximum absolute atomic E-state index is 12.8. The molecule has 0 amide bonds. The Morgan fingerprint density at radius 2 is 2.40 bits per heavy atom. The van der Waals surface area contributed by atoms with Crippen molar-refractivity contribution in [2.75, 3.05) is 0 Å². The number of rotatable bonds is 5. The van der Waals surface area contributed by atoms with Gasteiger partial charge in [0.25, 0.3) is 0 Å². The van der Waals surface area contributed by atoms with E-state index in [0.29, 0.717) is 12.4 Å². The molecule has 1 unspecified atom stereocenters. The van der Waals surface area contributed by atoms with Gasteiger partial charge < -0.3 is 4.57 Å². The van der Waals surface area contributed by atoms with Crippen molar-refractivity contribution in [3.63, 3.8) is 0 Å². The van der Waals surface area contributed by atoms with Crippen LogP contribution in [0.2, 0.25) is 0 Å². The molecular formula is C8H13ClF2N4. The number of aromatic nitrogens is 2. The third-order valence-electron chi connectivity index (χ3n) is 2.13. The number of alkyl halides is 3. The molecule has 1 atom stereocenters. The Labute approximate surface area is 91.4 Å². The van der Waals surface area contributed by atoms with Crippen LogP contribution < -0.4 is 11.3 Å². The summed E-state index contributed by atoms with van der Waals surface area (Å²) in [5.41, 5.74) is 2.00. The first-order chi connectivity index (χ1) is 6.99. The lowest BCUT2D eigenvalue weighted by molar-refractivity contribution is 0.0492. The first-order valence-corrected chi connectivity index (χ1v) is 4.89. The van der Waals surface area contributed by atoms with Gasteiger partial charge in [-0.15, -0.1) is 0 Å². The number of imidazole rings is 1. The highest BCUT2D eigenvalue weighted by Gasteiger charge is 2.37. The molecule has 3 N–H and O–H groups in total. The quantitative estimate of drug-likeness (QED) is 0.459. The van der Waals surface area contributed by atoms with Crippen molar-refractivity contribution in [1.29, 1.82) is 0 Å². The maximum atomic E-state index is 12.8. The summed E-state index contributed by atoms with van der Waals surface area (Å²) >= 11 is 4.90. The van der Waals surface area contributed by atoms with E-state index in [4.69, 9.17) is 17.4 Å². The molecule has 1 aromatic rings. The van der Waals surface area contributed by atoms with E-state index in [2.05, 4.69) is 4.98 Å². The predicted molar refractivity (Wildman–Crippen MR) is 53.5 cm³/mol. The lowest BCUT2D eigenvalue weighted by atomic mass is 10.2. The highest BCUT2D eigenvalue weighted by molar-refractivity contribution is 6.22. The Morgan fingerprint density at radius 1 is 1.73 bits per heavy atom. The Morgan fingerprint density at radius 3 is 2.87 bits per heavy atom. The molecule has 0 aliphatic heterocycles. The maximum Gasteiger partial charge on any atom is 0.338 e. The molecule has 0 aliphatic rings. The normalized spacial score (nSPS) is 14.2. The van der Waals surface area contributed by atoms with Gasteiger partial charge in [-0.05, 0) is 18.5 Å². The van der Waals surface area contributed by atoms with Gasteiger partial charge in [0, 0.05) is 25.4 Å². The van der Waals surface area contributed by atoms with Crippen molar-refractivity contribution in [3.05, 3.63) is 18.2 Å². The molecule has 1 aromatic heterocycles. The summed E-state index contributed by atoms with van der Waals surface area (Å²) in [6.07, 6.45) is 3.25. The second-order valence-electron chi connectivity index (χ2n) is 3.09. The van der Waals surface area contributed by atoms with Crippen molar-refractivity contribution < 1.29 is 8.78 Å². The van der Waals surface area contributed by atoms with Crippen molar-refractivity contribution in [2.45, 2.75) is 31.3 Å². The molecule has 7 heteroatoms. The van der Waals surface area contributed by atoms with Gasteiger partial charge in [0.05, 0.1) is 0 Å². The largest absolute Gasteiger partial charge is 0.338 e. The van der Waals surface area contributed by atoms with Gasteiger partial charge in [-0.3, -0.25) is 5.84 Å². The van der Waals surface area contributed by atoms with E-state index in [0.717, 1.165) is 0 Å². The average molecular weight is 239 g/mol. The molecule has 0 spiro atoms. The minimum Gasteiger partial charge on any atom is -0.335 e. The van der Waals surface area contributed by atoms with E-state index in [1.807, 2.05) is 12.3 Å². The minimum absolute atomic E-state index is 0.0200. The summed E-state index contributed by atoms with van der Waals surface area (Å²) in [7, 11) is 0. The molecule has 0 radical (unpaired) electrons. The molecule has 0 fully saturated rings. The van der Waals surface area contributed by atoms with Crippen LogP contribution in [0.5, 0.6) is 0 Å². The highest BCUT2D eigenvalue weighted by Crippen LogP contribution is 2.25. The van der Waals surface area contributed by atoms with E-state index in [-0.39, 0.29) is 6.42 Å². The summed E-state index contributed by atoms with van der Waals surface area (Å²) in [4.78, 5) is 3.96. The Balaban J connectivity index is 2.75. The fourth-order valence-corrected chi connectivity index (χ4v) is 1.41. The zero-order valence-electron chi connectivity index (χ0n) is 8.25. The zero-order chi connectivity index (χ0) is 11.5. The van der Waals surface area contributed by atoms with E-state index in [9.17, 15) is 8.78 Å². The van der Waals surface area contributed by atoms with Crippen LogP contribution in [0.3, 0.4) is 0 Å². The summed E-state index contributed by atoms with van der Waals surface area (Å²) in [6, 6.07) is -1.33. The number of nitrogens with zero attached hydrogens (tertiary/aromatic N) is 2. The van der Waals surface area contributed by atoms with Gasteiger partial charge in [-0.1, -0.05) is 0 Å². The van der Waals surface area contributed by atoms with Gasteiger partial charge in [0.1, 0.15) is 11.9 Å². The molecule has 1 rings (SSSR count). The molecule has 1 heterocycles. The summed E-state index contributed by atoms with van der Waals surface area (Å²) < 4.78 is 27.4. The third-order valence-corrected chi connectivity index (χ3v) is 2.39. The van der Waals surface area contributed by atoms with E-state index in [1.54, 1.807) is 17.0 Å². The number of hydrogen-bond donors (Lipinski definition) is 2. The Hall–Kier alpha value is -0.720. The van der Waals surface area contributed by atoms with E-state index in [1.165, 1.54) is 0 Å². The van der Waals surface area contributed by atoms with Crippen molar-refractivity contribution in [3.8, 4) is 0 Å². The Bertz CT molecular complexity index is 310. The smallest absolute Gasteiger partial charge is 0.335 e. The van der Waals surface area contributed by atoms with Crippen LogP contribution in [0.25, 0.3) is 0 Å². The standard InChI is InChI=1S/C8H13ClF2N4/c1-2-15-4-3-13-7(15)5-6(14-12)8(9,10)11/h3-4,6,14H,2,5,12H2,1H3. The summed E-state index contributed by atoms with van der Waals surface area (Å²) in [5, 5.41) is -3.39. The second kappa shape index (κ2) is 4.87. The predicted octanol–water partition coefficient (Wildman–Crippen LogP) is 1.11. The molecular weight excluding hydrogens is 226 g/mol. The first-order valence-electron chi connectivity index (χ1n) is 4.52. The van der Waals surface area contributed by atoms with Crippen LogP contribution in [0, 0.1) is 0 Å². The summed E-state index contributed by atoms with van der Waals surface area (Å²) in [5.74, 6) is 5.54. The summed E-state index contributed by atoms with van der Waals surface area (Å²) in [6.45, 7) is 2.56. The molecule has 86 valence electrons. The molecule has 0 aromatic carbocycles. The fourth-order valence-electron chi connectivity index (χ4n) is 1.27. The SMILES string of the molecule is CCn1ccnc1CC(NN)C(F)(F)Cl. The molecule has 0 bridgehead atoms. The number of hydrogen-bond acceptors (Lipinski definition) is 3. The fraction of sp³-hybridized carbons (Fsp3) is 0.625. The van der Waals surface area contributed by atoms with Crippen LogP contribution in [-0.2, 0) is 13.0 Å². The number of hydrazine groups is 1. The lowest BCUT2D eigenvalue weighted by Crippen LogP contribution is -2.47. The van der Waals surface area contributed by atoms with Crippen LogP contribution in [-0.4, -0.2) is 21.0 Å². The number of halogens is 3. The number of nitrogens with one attached hydrogen (secondary N) is 1. The van der Waals surface area contributed by atoms with E-state index < -0.39 is 11.4 Å². The van der Waals surface area contributed by atoms with Gasteiger partial charge in [0.2, 0.25) is 0 Å². The second-order valence-corrected chi connectivity index (χ2v) is 3.60. The monoisotopic (exact) mass is 238 g/mol. The van der Waals surface area contributed by atoms with Gasteiger partial charge in [-0.2, -0.15) is 8.78 Å². The first kappa shape index (κ1) is 12.4. The van der Waals surface area contributed by atoms with Crippen LogP contribution in [0.4, 0.5) is 8.78 Å². The minimum atomic E-state index is -3.39. The molecule has 4 nitrogen and oxygen atoms in total. The van der Waals surface area contributed by atoms with Crippen LogP contribution in [0.15, 0.2) is 12.4 Å². The van der Waals surface area contributed by atoms with Crippen LogP contribution in [0.1, 0.15) is 12.7 Å². The number of nitrogens with two attached hydrogens (primary N) is 1. The number of aryl methyl sites for hydroxylation is 1. The van der Waals surface area contributed by atoms with Gasteiger partial charge >= 0.3 is 5.38 Å². The molecule has 0 saturated heterocycles. The molecule has 0 saturated carbocycles. The van der Waals surface area contributed by atoms with Crippen molar-refractivity contribution in [2.24, 2.45) is 5.84 Å². The van der Waals surface area contributed by atoms with Gasteiger partial charge in [-0.25, -0.2) is 10.4 Å². The van der Waals surface area contributed by atoms with E-state index >= 15 is 0 Å². The van der Waals surface area contributed by atoms with Crippen molar-refractivity contribution >= 4 is 11.6 Å². The molecule has 0 aliphatic carbocycles. The van der Waals surface area contributed by atoms with Gasteiger partial charge in [0.15, 0.2) is 0 Å². The topological polar surface area (TPSA) is 55.9 Å². The van der Waals surface area contributed by atoms with Crippen molar-refractivity contribution in [1.82, 2.24) is 15.0 Å². The third kappa shape index (κ3) is 3.12.